The number of hydroxylamine groups is 2. The van der Waals surface area contributed by atoms with Gasteiger partial charge in [0, 0.05) is 34.4 Å². The van der Waals surface area contributed by atoms with Gasteiger partial charge in [0.15, 0.2) is 6.17 Å². The summed E-state index contributed by atoms with van der Waals surface area (Å²) in [6.45, 7) is 3.69. The van der Waals surface area contributed by atoms with Gasteiger partial charge < -0.3 is 15.0 Å². The Labute approximate surface area is 207 Å². The highest BCUT2D eigenvalue weighted by atomic mass is 35.5. The first-order valence-electron chi connectivity index (χ1n) is 10.5. The van der Waals surface area contributed by atoms with E-state index in [0.29, 0.717) is 32.9 Å². The van der Waals surface area contributed by atoms with E-state index in [2.05, 4.69) is 10.1 Å². The van der Waals surface area contributed by atoms with Crippen molar-refractivity contribution in [1.82, 2.24) is 9.96 Å². The van der Waals surface area contributed by atoms with Crippen molar-refractivity contribution >= 4 is 52.6 Å². The van der Waals surface area contributed by atoms with Gasteiger partial charge in [0.1, 0.15) is 0 Å². The maximum absolute atomic E-state index is 13.5. The van der Waals surface area contributed by atoms with Crippen LogP contribution in [0.15, 0.2) is 48.5 Å². The number of amides is 4. The van der Waals surface area contributed by atoms with Gasteiger partial charge in [-0.3, -0.25) is 14.9 Å². The third-order valence-electron chi connectivity index (χ3n) is 5.64. The van der Waals surface area contributed by atoms with Crippen LogP contribution in [-0.2, 0) is 9.53 Å². The van der Waals surface area contributed by atoms with Gasteiger partial charge in [-0.2, -0.15) is 5.06 Å². The van der Waals surface area contributed by atoms with Crippen molar-refractivity contribution < 1.29 is 24.3 Å². The molecule has 34 heavy (non-hydrogen) atoms. The number of benzene rings is 2. The first-order chi connectivity index (χ1) is 16.1. The normalized spacial score (nSPS) is 17.0. The lowest BCUT2D eigenvalue weighted by Gasteiger charge is -2.38. The molecule has 0 bridgehead atoms. The number of ether oxygens (including phenoxy) is 1. The number of urea groups is 2. The Kier molecular flexibility index (Phi) is 7.91. The quantitative estimate of drug-likeness (QED) is 0.303. The second kappa shape index (κ2) is 10.5. The molecule has 1 aliphatic heterocycles. The van der Waals surface area contributed by atoms with Crippen molar-refractivity contribution in [2.24, 2.45) is 0 Å². The summed E-state index contributed by atoms with van der Waals surface area (Å²) in [6.07, 6.45) is -0.612. The maximum Gasteiger partial charge on any atom is 0.347 e. The average molecular weight is 509 g/mol. The molecule has 2 aromatic carbocycles. The number of halogens is 2. The van der Waals surface area contributed by atoms with Crippen LogP contribution in [0.1, 0.15) is 26.7 Å². The molecule has 1 fully saturated rings. The van der Waals surface area contributed by atoms with Crippen LogP contribution in [0.5, 0.6) is 0 Å². The second-order valence-electron chi connectivity index (χ2n) is 8.27. The highest BCUT2D eigenvalue weighted by Crippen LogP contribution is 2.38. The van der Waals surface area contributed by atoms with Crippen LogP contribution >= 0.6 is 23.2 Å². The summed E-state index contributed by atoms with van der Waals surface area (Å²) in [4.78, 5) is 40.9. The van der Waals surface area contributed by atoms with E-state index in [0.717, 1.165) is 0 Å². The van der Waals surface area contributed by atoms with Crippen molar-refractivity contribution in [2.75, 3.05) is 23.9 Å². The number of nitrogens with zero attached hydrogens (tertiary/aromatic N) is 3. The Balaban J connectivity index is 1.91. The van der Waals surface area contributed by atoms with Crippen molar-refractivity contribution in [2.45, 2.75) is 38.4 Å². The molecule has 0 aliphatic carbocycles. The standard InChI is InChI=1S/C23H26Cl2N4O5/c1-23(2)20(29(33)21(31)26-17-10-6-15(24)7-11-17)28(18-12-8-16(25)9-13-18)22(32)27(23)14-4-5-19(30)34-3/h6-13,20,33H,4-5,14H2,1-3H3,(H,26,31)/t20-/m1/s1. The van der Waals surface area contributed by atoms with E-state index in [1.54, 1.807) is 62.4 Å². The van der Waals surface area contributed by atoms with E-state index >= 15 is 0 Å². The van der Waals surface area contributed by atoms with Gasteiger partial charge in [-0.05, 0) is 68.8 Å². The topological polar surface area (TPSA) is 102 Å². The molecule has 1 heterocycles. The molecule has 0 spiro atoms. The monoisotopic (exact) mass is 508 g/mol. The van der Waals surface area contributed by atoms with Gasteiger partial charge >= 0.3 is 18.0 Å². The highest BCUT2D eigenvalue weighted by Gasteiger charge is 2.55. The second-order valence-corrected chi connectivity index (χ2v) is 9.14. The van der Waals surface area contributed by atoms with Gasteiger partial charge in [0.2, 0.25) is 0 Å². The predicted octanol–water partition coefficient (Wildman–Crippen LogP) is 5.22. The lowest BCUT2D eigenvalue weighted by atomic mass is 9.99. The number of carbonyl (C=O) groups is 3. The Hall–Kier alpha value is -3.01. The predicted molar refractivity (Wildman–Crippen MR) is 129 cm³/mol. The molecule has 2 N–H and O–H groups in total. The van der Waals surface area contributed by atoms with Crippen LogP contribution in [0.25, 0.3) is 0 Å². The minimum atomic E-state index is -1.09. The summed E-state index contributed by atoms with van der Waals surface area (Å²) >= 11 is 11.9. The molecule has 1 atom stereocenters. The Morgan fingerprint density at radius 3 is 2.21 bits per heavy atom. The number of esters is 1. The molecule has 11 heteroatoms. The van der Waals surface area contributed by atoms with Crippen molar-refractivity contribution in [3.8, 4) is 0 Å². The lowest BCUT2D eigenvalue weighted by Crippen LogP contribution is -2.58. The highest BCUT2D eigenvalue weighted by molar-refractivity contribution is 6.31. The number of nitrogens with one attached hydrogen (secondary N) is 1. The van der Waals surface area contributed by atoms with E-state index in [1.807, 2.05) is 0 Å². The molecule has 0 saturated carbocycles. The van der Waals surface area contributed by atoms with Gasteiger partial charge in [-0.15, -0.1) is 0 Å². The number of rotatable bonds is 7. The molecule has 0 radical (unpaired) electrons. The molecule has 4 amide bonds. The fraction of sp³-hybridized carbons (Fsp3) is 0.348. The molecular formula is C23H26Cl2N4O5. The molecule has 9 nitrogen and oxygen atoms in total. The van der Waals surface area contributed by atoms with Crippen LogP contribution in [0.2, 0.25) is 10.0 Å². The van der Waals surface area contributed by atoms with Crippen LogP contribution in [0.4, 0.5) is 21.0 Å². The summed E-state index contributed by atoms with van der Waals surface area (Å²) in [5, 5.41) is 15.1. The van der Waals surface area contributed by atoms with Crippen LogP contribution in [0.3, 0.4) is 0 Å². The van der Waals surface area contributed by atoms with Gasteiger partial charge in [0.25, 0.3) is 0 Å². The molecular weight excluding hydrogens is 483 g/mol. The molecule has 1 aliphatic rings. The van der Waals surface area contributed by atoms with Crippen LogP contribution < -0.4 is 10.2 Å². The van der Waals surface area contributed by atoms with E-state index in [-0.39, 0.29) is 18.9 Å². The summed E-state index contributed by atoms with van der Waals surface area (Å²) in [5.74, 6) is -0.387. The van der Waals surface area contributed by atoms with Crippen molar-refractivity contribution in [3.05, 3.63) is 58.6 Å². The van der Waals surface area contributed by atoms with E-state index < -0.39 is 23.8 Å². The first kappa shape index (κ1) is 25.6. The third-order valence-corrected chi connectivity index (χ3v) is 6.14. The van der Waals surface area contributed by atoms with Crippen molar-refractivity contribution in [1.29, 1.82) is 0 Å². The van der Waals surface area contributed by atoms with E-state index in [9.17, 15) is 19.6 Å². The smallest absolute Gasteiger partial charge is 0.347 e. The van der Waals surface area contributed by atoms with E-state index in [4.69, 9.17) is 23.2 Å². The van der Waals surface area contributed by atoms with Crippen molar-refractivity contribution in [3.63, 3.8) is 0 Å². The molecule has 0 aromatic heterocycles. The summed E-state index contributed by atoms with van der Waals surface area (Å²) in [5.41, 5.74) is -0.163. The number of hydrogen-bond donors (Lipinski definition) is 2. The summed E-state index contributed by atoms with van der Waals surface area (Å²) in [7, 11) is 1.30. The number of hydrogen-bond acceptors (Lipinski definition) is 5. The summed E-state index contributed by atoms with van der Waals surface area (Å²) < 4.78 is 4.68. The molecule has 3 rings (SSSR count). The number of methoxy groups -OCH3 is 1. The Morgan fingerprint density at radius 2 is 1.65 bits per heavy atom. The van der Waals surface area contributed by atoms with Gasteiger partial charge in [0.05, 0.1) is 12.6 Å². The maximum atomic E-state index is 13.5. The zero-order valence-corrected chi connectivity index (χ0v) is 20.5. The molecule has 0 unspecified atom stereocenters. The zero-order chi connectivity index (χ0) is 25.0. The fourth-order valence-electron chi connectivity index (χ4n) is 3.89. The SMILES string of the molecule is COC(=O)CCCN1C(=O)N(c2ccc(Cl)cc2)[C@H](N(O)C(=O)Nc2ccc(Cl)cc2)C1(C)C. The molecule has 182 valence electrons. The Bertz CT molecular complexity index is 1050. The molecule has 2 aromatic rings. The van der Waals surface area contributed by atoms with Crippen LogP contribution in [-0.4, -0.2) is 58.6 Å². The van der Waals surface area contributed by atoms with Gasteiger partial charge in [-0.25, -0.2) is 9.59 Å². The minimum Gasteiger partial charge on any atom is -0.469 e. The number of anilines is 2. The third kappa shape index (κ3) is 5.38. The molecule has 1 saturated heterocycles. The van der Waals surface area contributed by atoms with E-state index in [1.165, 1.54) is 16.9 Å². The summed E-state index contributed by atoms with van der Waals surface area (Å²) in [6, 6.07) is 11.6. The Morgan fingerprint density at radius 1 is 1.09 bits per heavy atom. The average Bonchev–Trinajstić information content (AvgIpc) is 3.00. The lowest BCUT2D eigenvalue weighted by molar-refractivity contribution is -0.140. The largest absolute Gasteiger partial charge is 0.469 e. The minimum absolute atomic E-state index is 0.127. The zero-order valence-electron chi connectivity index (χ0n) is 19.0. The van der Waals surface area contributed by atoms with Crippen LogP contribution in [0, 0.1) is 0 Å². The van der Waals surface area contributed by atoms with Gasteiger partial charge in [-0.1, -0.05) is 23.2 Å². The first-order valence-corrected chi connectivity index (χ1v) is 11.3. The fourth-order valence-corrected chi connectivity index (χ4v) is 4.14. The number of carbonyl (C=O) groups excluding carboxylic acids is 3.